The van der Waals surface area contributed by atoms with Crippen LogP contribution in [0.3, 0.4) is 0 Å². The van der Waals surface area contributed by atoms with Gasteiger partial charge in [0.15, 0.2) is 5.92 Å². The van der Waals surface area contributed by atoms with E-state index in [1.54, 1.807) is 13.0 Å². The molecular formula is C19H20N4O5. The fourth-order valence-electron chi connectivity index (χ4n) is 4.58. The molecule has 1 heterocycles. The van der Waals surface area contributed by atoms with Crippen LogP contribution in [0.15, 0.2) is 23.2 Å². The molecule has 4 amide bonds. The van der Waals surface area contributed by atoms with Crippen LogP contribution in [0.25, 0.3) is 0 Å². The predicted molar refractivity (Wildman–Crippen MR) is 99.1 cm³/mol. The Morgan fingerprint density at radius 1 is 1.25 bits per heavy atom. The summed E-state index contributed by atoms with van der Waals surface area (Å²) >= 11 is 0. The van der Waals surface area contributed by atoms with Crippen molar-refractivity contribution in [3.63, 3.8) is 0 Å². The highest BCUT2D eigenvalue weighted by Gasteiger charge is 2.50. The molecule has 2 bridgehead atoms. The third kappa shape index (κ3) is 3.06. The number of benzene rings is 1. The summed E-state index contributed by atoms with van der Waals surface area (Å²) in [6, 6.07) is 3.37. The molecule has 4 atom stereocenters. The number of nitro benzene ring substituents is 1. The second-order valence-corrected chi connectivity index (χ2v) is 7.73. The Balaban J connectivity index is 1.58. The van der Waals surface area contributed by atoms with Crippen LogP contribution in [0, 0.1) is 34.8 Å². The first-order valence-electron chi connectivity index (χ1n) is 9.32. The number of urea groups is 1. The molecule has 1 aliphatic heterocycles. The highest BCUT2D eigenvalue weighted by atomic mass is 16.6. The van der Waals surface area contributed by atoms with Crippen molar-refractivity contribution in [1.29, 1.82) is 0 Å². The number of barbiturate groups is 1. The molecule has 1 N–H and O–H groups in total. The average molecular weight is 384 g/mol. The average Bonchev–Trinajstić information content (AvgIpc) is 3.25. The second-order valence-electron chi connectivity index (χ2n) is 7.73. The van der Waals surface area contributed by atoms with E-state index < -0.39 is 28.7 Å². The first kappa shape index (κ1) is 18.3. The molecule has 4 rings (SSSR count). The predicted octanol–water partition coefficient (Wildman–Crippen LogP) is 2.49. The minimum absolute atomic E-state index is 0.129. The SMILES string of the molecule is Cc1ccc([N+](=O)[O-])cc1N=C[C@H]1C(=O)NC(=O)N([C@@H]2C[C@H]3CC[C@H]2C3)C1=O. The van der Waals surface area contributed by atoms with Crippen LogP contribution in [0.4, 0.5) is 16.2 Å². The zero-order valence-corrected chi connectivity index (χ0v) is 15.3. The fraction of sp³-hybridized carbons (Fsp3) is 0.474. The van der Waals surface area contributed by atoms with Crippen LogP contribution in [-0.2, 0) is 9.59 Å². The minimum atomic E-state index is -1.23. The van der Waals surface area contributed by atoms with E-state index in [-0.39, 0.29) is 11.7 Å². The summed E-state index contributed by atoms with van der Waals surface area (Å²) in [5.74, 6) is -1.69. The standard InChI is InChI=1S/C19H20N4O5/c1-10-2-5-13(23(27)28)8-15(10)20-9-14-17(24)21-19(26)22(18(14)25)16-7-11-3-4-12(16)6-11/h2,5,8-9,11-12,14,16H,3-4,6-7H2,1H3,(H,21,24,26)/t11-,12-,14-,16+/m0/s1. The van der Waals surface area contributed by atoms with Crippen molar-refractivity contribution in [2.45, 2.75) is 38.6 Å². The molecule has 2 saturated carbocycles. The lowest BCUT2D eigenvalue weighted by Gasteiger charge is -2.36. The first-order chi connectivity index (χ1) is 13.3. The van der Waals surface area contributed by atoms with Gasteiger partial charge in [-0.2, -0.15) is 0 Å². The summed E-state index contributed by atoms with van der Waals surface area (Å²) in [6.45, 7) is 1.73. The summed E-state index contributed by atoms with van der Waals surface area (Å²) in [5.41, 5.74) is 0.848. The van der Waals surface area contributed by atoms with Crippen molar-refractivity contribution in [1.82, 2.24) is 10.2 Å². The van der Waals surface area contributed by atoms with E-state index in [2.05, 4.69) is 10.3 Å². The van der Waals surface area contributed by atoms with E-state index in [1.807, 2.05) is 0 Å². The number of imide groups is 2. The molecule has 28 heavy (non-hydrogen) atoms. The number of carbonyl (C=O) groups is 3. The van der Waals surface area contributed by atoms with Gasteiger partial charge < -0.3 is 0 Å². The molecule has 0 radical (unpaired) electrons. The van der Waals surface area contributed by atoms with E-state index in [9.17, 15) is 24.5 Å². The summed E-state index contributed by atoms with van der Waals surface area (Å²) in [4.78, 5) is 53.3. The van der Waals surface area contributed by atoms with Crippen LogP contribution < -0.4 is 5.32 Å². The number of nitro groups is 1. The van der Waals surface area contributed by atoms with Gasteiger partial charge >= 0.3 is 6.03 Å². The third-order valence-corrected chi connectivity index (χ3v) is 6.03. The summed E-state index contributed by atoms with van der Waals surface area (Å²) < 4.78 is 0. The van der Waals surface area contributed by atoms with E-state index in [0.29, 0.717) is 23.1 Å². The maximum absolute atomic E-state index is 12.9. The summed E-state index contributed by atoms with van der Waals surface area (Å²) in [5, 5.41) is 13.2. The number of carbonyl (C=O) groups excluding carboxylic acids is 3. The first-order valence-corrected chi connectivity index (χ1v) is 9.32. The number of hydrogen-bond acceptors (Lipinski definition) is 6. The van der Waals surface area contributed by atoms with Gasteiger partial charge in [0.1, 0.15) is 0 Å². The van der Waals surface area contributed by atoms with Crippen LogP contribution in [-0.4, -0.2) is 39.9 Å². The maximum atomic E-state index is 12.9. The lowest BCUT2D eigenvalue weighted by molar-refractivity contribution is -0.384. The van der Waals surface area contributed by atoms with Gasteiger partial charge in [-0.25, -0.2) is 4.79 Å². The van der Waals surface area contributed by atoms with E-state index in [4.69, 9.17) is 0 Å². The Hall–Kier alpha value is -3.10. The molecule has 9 heteroatoms. The Kier molecular flexibility index (Phi) is 4.44. The van der Waals surface area contributed by atoms with Crippen molar-refractivity contribution in [3.8, 4) is 0 Å². The molecule has 1 aromatic rings. The molecule has 0 spiro atoms. The molecule has 2 aliphatic carbocycles. The fourth-order valence-corrected chi connectivity index (χ4v) is 4.58. The molecule has 1 saturated heterocycles. The minimum Gasteiger partial charge on any atom is -0.277 e. The molecule has 3 aliphatic rings. The normalized spacial score (nSPS) is 29.6. The van der Waals surface area contributed by atoms with Crippen LogP contribution >= 0.6 is 0 Å². The molecule has 0 aromatic heterocycles. The topological polar surface area (TPSA) is 122 Å². The Morgan fingerprint density at radius 3 is 2.68 bits per heavy atom. The molecular weight excluding hydrogens is 364 g/mol. The van der Waals surface area contributed by atoms with Crippen LogP contribution in [0.2, 0.25) is 0 Å². The summed E-state index contributed by atoms with van der Waals surface area (Å²) in [6.07, 6.45) is 5.09. The zero-order chi connectivity index (χ0) is 20.0. The van der Waals surface area contributed by atoms with Gasteiger partial charge in [0.05, 0.1) is 10.6 Å². The zero-order valence-electron chi connectivity index (χ0n) is 15.3. The molecule has 3 fully saturated rings. The van der Waals surface area contributed by atoms with Gasteiger partial charge in [0.2, 0.25) is 11.8 Å². The van der Waals surface area contributed by atoms with Crippen molar-refractivity contribution >= 4 is 35.4 Å². The maximum Gasteiger partial charge on any atom is 0.331 e. The van der Waals surface area contributed by atoms with Crippen LogP contribution in [0.1, 0.15) is 31.2 Å². The van der Waals surface area contributed by atoms with Gasteiger partial charge in [-0.3, -0.25) is 34.9 Å². The van der Waals surface area contributed by atoms with Crippen molar-refractivity contribution < 1.29 is 19.3 Å². The molecule has 9 nitrogen and oxygen atoms in total. The van der Waals surface area contributed by atoms with Gasteiger partial charge in [-0.15, -0.1) is 0 Å². The van der Waals surface area contributed by atoms with Gasteiger partial charge in [-0.05, 0) is 43.6 Å². The Bertz CT molecular complexity index is 912. The number of rotatable bonds is 4. The largest absolute Gasteiger partial charge is 0.331 e. The quantitative estimate of drug-likeness (QED) is 0.370. The highest BCUT2D eigenvalue weighted by molar-refractivity contribution is 6.23. The van der Waals surface area contributed by atoms with Crippen molar-refractivity contribution in [3.05, 3.63) is 33.9 Å². The number of nitrogens with one attached hydrogen (secondary N) is 1. The smallest absolute Gasteiger partial charge is 0.277 e. The van der Waals surface area contributed by atoms with Crippen molar-refractivity contribution in [2.24, 2.45) is 22.7 Å². The number of fused-ring (bicyclic) bond motifs is 2. The van der Waals surface area contributed by atoms with Crippen LogP contribution in [0.5, 0.6) is 0 Å². The third-order valence-electron chi connectivity index (χ3n) is 6.03. The number of aryl methyl sites for hydroxylation is 1. The van der Waals surface area contributed by atoms with E-state index in [0.717, 1.165) is 25.7 Å². The van der Waals surface area contributed by atoms with Gasteiger partial charge in [-0.1, -0.05) is 12.5 Å². The van der Waals surface area contributed by atoms with E-state index >= 15 is 0 Å². The Labute approximate surface area is 161 Å². The number of non-ortho nitro benzene ring substituents is 1. The second kappa shape index (κ2) is 6.81. The lowest BCUT2D eigenvalue weighted by Crippen LogP contribution is -2.62. The van der Waals surface area contributed by atoms with Gasteiger partial charge in [0, 0.05) is 24.4 Å². The number of amides is 4. The molecule has 1 aromatic carbocycles. The Morgan fingerprint density at radius 2 is 2.04 bits per heavy atom. The van der Waals surface area contributed by atoms with E-state index in [1.165, 1.54) is 23.2 Å². The number of nitrogens with zero attached hydrogens (tertiary/aromatic N) is 3. The number of aliphatic imine (C=N–C) groups is 1. The monoisotopic (exact) mass is 384 g/mol. The van der Waals surface area contributed by atoms with Gasteiger partial charge in [0.25, 0.3) is 5.69 Å². The highest BCUT2D eigenvalue weighted by Crippen LogP contribution is 2.47. The van der Waals surface area contributed by atoms with Crippen molar-refractivity contribution in [2.75, 3.05) is 0 Å². The number of hydrogen-bond donors (Lipinski definition) is 1. The molecule has 0 unspecified atom stereocenters. The lowest BCUT2D eigenvalue weighted by atomic mass is 9.92. The summed E-state index contributed by atoms with van der Waals surface area (Å²) in [7, 11) is 0. The molecule has 146 valence electrons.